The van der Waals surface area contributed by atoms with Gasteiger partial charge in [-0.25, -0.2) is 4.39 Å². The first-order valence-corrected chi connectivity index (χ1v) is 12.1. The van der Waals surface area contributed by atoms with Crippen LogP contribution in [0.1, 0.15) is 48.5 Å². The molecule has 1 unspecified atom stereocenters. The predicted molar refractivity (Wildman–Crippen MR) is 131 cm³/mol. The molecule has 2 aromatic heterocycles. The van der Waals surface area contributed by atoms with Gasteiger partial charge in [-0.15, -0.1) is 11.8 Å². The number of rotatable bonds is 5. The quantitative estimate of drug-likeness (QED) is 0.601. The van der Waals surface area contributed by atoms with E-state index in [9.17, 15) is 14.0 Å². The van der Waals surface area contributed by atoms with Crippen molar-refractivity contribution in [2.75, 3.05) is 17.2 Å². The van der Waals surface area contributed by atoms with Crippen LogP contribution in [0.2, 0.25) is 0 Å². The van der Waals surface area contributed by atoms with E-state index < -0.39 is 0 Å². The van der Waals surface area contributed by atoms with Gasteiger partial charge in [-0.2, -0.15) is 5.10 Å². The maximum absolute atomic E-state index is 14.1. The first kappa shape index (κ1) is 23.9. The number of aryl methyl sites for hydroxylation is 1. The molecule has 1 atom stereocenters. The van der Waals surface area contributed by atoms with Gasteiger partial charge in [0.05, 0.1) is 28.9 Å². The monoisotopic (exact) mass is 481 g/mol. The molecule has 0 spiro atoms. The summed E-state index contributed by atoms with van der Waals surface area (Å²) in [5.74, 6) is -0.0870. The summed E-state index contributed by atoms with van der Waals surface area (Å²) in [5, 5.41) is 7.31. The van der Waals surface area contributed by atoms with Crippen LogP contribution in [0.3, 0.4) is 0 Å². The summed E-state index contributed by atoms with van der Waals surface area (Å²) in [6, 6.07) is 11.9. The number of hydrogen-bond acceptors (Lipinski definition) is 5. The summed E-state index contributed by atoms with van der Waals surface area (Å²) < 4.78 is 15.8. The Kier molecular flexibility index (Phi) is 6.74. The zero-order valence-corrected chi connectivity index (χ0v) is 20.5. The zero-order chi connectivity index (χ0) is 24.5. The number of nitrogens with zero attached hydrogens (tertiary/aromatic N) is 4. The van der Waals surface area contributed by atoms with Gasteiger partial charge in [0.15, 0.2) is 0 Å². The van der Waals surface area contributed by atoms with E-state index in [2.05, 4.69) is 31.1 Å². The molecule has 1 aromatic carbocycles. The van der Waals surface area contributed by atoms with E-state index in [0.29, 0.717) is 5.82 Å². The van der Waals surface area contributed by atoms with Crippen LogP contribution in [-0.4, -0.2) is 38.9 Å². The molecular formula is C25H28FN5O2S. The Balaban J connectivity index is 1.72. The molecule has 9 heteroatoms. The Bertz CT molecular complexity index is 1210. The topological polar surface area (TPSA) is 80.1 Å². The van der Waals surface area contributed by atoms with Crippen LogP contribution in [-0.2, 0) is 28.6 Å². The van der Waals surface area contributed by atoms with Gasteiger partial charge in [-0.05, 0) is 29.8 Å². The van der Waals surface area contributed by atoms with Crippen molar-refractivity contribution in [3.8, 4) is 0 Å². The van der Waals surface area contributed by atoms with E-state index >= 15 is 0 Å². The highest BCUT2D eigenvalue weighted by molar-refractivity contribution is 8.00. The molecule has 34 heavy (non-hydrogen) atoms. The van der Waals surface area contributed by atoms with Gasteiger partial charge >= 0.3 is 0 Å². The number of benzene rings is 1. The fraction of sp³-hybridized carbons (Fsp3) is 0.360. The highest BCUT2D eigenvalue weighted by Crippen LogP contribution is 2.47. The first-order chi connectivity index (χ1) is 16.1. The second kappa shape index (κ2) is 9.58. The number of pyridine rings is 1. The molecule has 0 fully saturated rings. The van der Waals surface area contributed by atoms with Crippen molar-refractivity contribution >= 4 is 29.4 Å². The molecule has 0 aliphatic carbocycles. The van der Waals surface area contributed by atoms with Crippen molar-refractivity contribution in [1.29, 1.82) is 0 Å². The fourth-order valence-corrected chi connectivity index (χ4v) is 5.26. The number of amides is 2. The van der Waals surface area contributed by atoms with E-state index in [1.807, 2.05) is 24.3 Å². The lowest BCUT2D eigenvalue weighted by Crippen LogP contribution is -2.42. The number of halogens is 1. The van der Waals surface area contributed by atoms with Crippen LogP contribution in [0.25, 0.3) is 0 Å². The van der Waals surface area contributed by atoms with Crippen LogP contribution in [0.5, 0.6) is 0 Å². The van der Waals surface area contributed by atoms with Crippen LogP contribution in [0, 0.1) is 5.82 Å². The number of nitrogens with one attached hydrogen (secondary N) is 1. The van der Waals surface area contributed by atoms with Crippen LogP contribution < -0.4 is 10.2 Å². The van der Waals surface area contributed by atoms with E-state index in [4.69, 9.17) is 5.10 Å². The van der Waals surface area contributed by atoms with Gasteiger partial charge in [0.1, 0.15) is 18.2 Å². The van der Waals surface area contributed by atoms with Gasteiger partial charge in [-0.3, -0.25) is 24.2 Å². The van der Waals surface area contributed by atoms with Crippen LogP contribution >= 0.6 is 11.8 Å². The number of aromatic nitrogens is 3. The molecule has 1 aliphatic rings. The molecule has 0 radical (unpaired) electrons. The number of thioether (sulfide) groups is 1. The molecule has 178 valence electrons. The van der Waals surface area contributed by atoms with Gasteiger partial charge in [0.25, 0.3) is 0 Å². The molecule has 0 saturated heterocycles. The molecule has 2 amide bonds. The van der Waals surface area contributed by atoms with E-state index in [-0.39, 0.29) is 47.1 Å². The lowest BCUT2D eigenvalue weighted by molar-refractivity contribution is -0.123. The van der Waals surface area contributed by atoms with E-state index in [1.54, 1.807) is 24.0 Å². The predicted octanol–water partition coefficient (Wildman–Crippen LogP) is 3.74. The maximum atomic E-state index is 14.1. The molecule has 3 heterocycles. The minimum Gasteiger partial charge on any atom is -0.349 e. The molecule has 1 aliphatic heterocycles. The smallest absolute Gasteiger partial charge is 0.240 e. The Morgan fingerprint density at radius 3 is 2.71 bits per heavy atom. The lowest BCUT2D eigenvalue weighted by atomic mass is 9.87. The SMILES string of the molecule is Cn1nc(C(C)(C)C)c2c1N(CC(=O)NCc1ccccn1)C(=O)CSC2c1cccc(F)c1. The summed E-state index contributed by atoms with van der Waals surface area (Å²) in [6.45, 7) is 6.30. The van der Waals surface area contributed by atoms with Crippen molar-refractivity contribution in [3.63, 3.8) is 0 Å². The normalized spacial score (nSPS) is 16.2. The maximum Gasteiger partial charge on any atom is 0.240 e. The largest absolute Gasteiger partial charge is 0.349 e. The number of hydrogen-bond donors (Lipinski definition) is 1. The van der Waals surface area contributed by atoms with Crippen molar-refractivity contribution in [2.24, 2.45) is 7.05 Å². The molecular weight excluding hydrogens is 453 g/mol. The third-order valence-corrected chi connectivity index (χ3v) is 6.86. The first-order valence-electron chi connectivity index (χ1n) is 11.1. The summed E-state index contributed by atoms with van der Waals surface area (Å²) >= 11 is 1.43. The number of carbonyl (C=O) groups excluding carboxylic acids is 2. The van der Waals surface area contributed by atoms with Crippen molar-refractivity contribution in [1.82, 2.24) is 20.1 Å². The number of carbonyl (C=O) groups is 2. The summed E-state index contributed by atoms with van der Waals surface area (Å²) in [5.41, 5.74) is 2.84. The highest BCUT2D eigenvalue weighted by atomic mass is 32.2. The Morgan fingerprint density at radius 2 is 2.03 bits per heavy atom. The standard InChI is InChI=1S/C25H28FN5O2S/c1-25(2,3)23-21-22(16-8-7-9-17(26)12-16)34-15-20(33)31(24(21)30(4)29-23)14-19(32)28-13-18-10-5-6-11-27-18/h5-12,22H,13-15H2,1-4H3,(H,28,32). The summed E-state index contributed by atoms with van der Waals surface area (Å²) in [4.78, 5) is 31.8. The highest BCUT2D eigenvalue weighted by Gasteiger charge is 2.38. The second-order valence-electron chi connectivity index (χ2n) is 9.28. The van der Waals surface area contributed by atoms with Gasteiger partial charge in [0.2, 0.25) is 11.8 Å². The summed E-state index contributed by atoms with van der Waals surface area (Å²) in [6.07, 6.45) is 1.67. The Hall–Kier alpha value is -3.20. The Labute approximate surface area is 202 Å². The zero-order valence-electron chi connectivity index (χ0n) is 19.7. The van der Waals surface area contributed by atoms with Crippen LogP contribution in [0.4, 0.5) is 10.2 Å². The molecule has 1 N–H and O–H groups in total. The lowest BCUT2D eigenvalue weighted by Gasteiger charge is -2.24. The number of anilines is 1. The molecule has 0 bridgehead atoms. The average Bonchev–Trinajstić information content (AvgIpc) is 3.06. The van der Waals surface area contributed by atoms with Gasteiger partial charge in [-0.1, -0.05) is 39.0 Å². The van der Waals surface area contributed by atoms with Crippen molar-refractivity contribution in [3.05, 3.63) is 77.0 Å². The Morgan fingerprint density at radius 1 is 1.24 bits per heavy atom. The van der Waals surface area contributed by atoms with E-state index in [0.717, 1.165) is 22.5 Å². The van der Waals surface area contributed by atoms with Crippen LogP contribution in [0.15, 0.2) is 48.7 Å². The molecule has 3 aromatic rings. The molecule has 4 rings (SSSR count). The molecule has 7 nitrogen and oxygen atoms in total. The van der Waals surface area contributed by atoms with Gasteiger partial charge < -0.3 is 5.32 Å². The third-order valence-electron chi connectivity index (χ3n) is 5.60. The summed E-state index contributed by atoms with van der Waals surface area (Å²) in [7, 11) is 1.78. The van der Waals surface area contributed by atoms with Crippen molar-refractivity contribution in [2.45, 2.75) is 38.0 Å². The average molecular weight is 482 g/mol. The van der Waals surface area contributed by atoms with Gasteiger partial charge in [0, 0.05) is 24.2 Å². The minimum atomic E-state index is -0.331. The number of fused-ring (bicyclic) bond motifs is 1. The third kappa shape index (κ3) is 4.99. The minimum absolute atomic E-state index is 0.141. The second-order valence-corrected chi connectivity index (χ2v) is 10.4. The molecule has 0 saturated carbocycles. The fourth-order valence-electron chi connectivity index (χ4n) is 4.07. The van der Waals surface area contributed by atoms with Crippen molar-refractivity contribution < 1.29 is 14.0 Å². The van der Waals surface area contributed by atoms with E-state index in [1.165, 1.54) is 28.8 Å².